The van der Waals surface area contributed by atoms with E-state index in [0.717, 1.165) is 23.1 Å². The second-order valence-corrected chi connectivity index (χ2v) is 10.5. The van der Waals surface area contributed by atoms with Crippen LogP contribution in [-0.4, -0.2) is 29.8 Å². The molecule has 1 saturated carbocycles. The van der Waals surface area contributed by atoms with E-state index in [1.807, 2.05) is 36.9 Å². The molecule has 0 bridgehead atoms. The highest BCUT2D eigenvalue weighted by atomic mass is 19.1. The zero-order valence-electron chi connectivity index (χ0n) is 21.3. The van der Waals surface area contributed by atoms with E-state index in [1.165, 1.54) is 25.0 Å². The number of fused-ring (bicyclic) bond motifs is 1. The number of benzene rings is 2. The van der Waals surface area contributed by atoms with Crippen LogP contribution in [0.25, 0.3) is 0 Å². The normalized spacial score (nSPS) is 17.0. The molecule has 2 heterocycles. The number of furan rings is 1. The van der Waals surface area contributed by atoms with Gasteiger partial charge in [-0.05, 0) is 84.2 Å². The van der Waals surface area contributed by atoms with E-state index in [4.69, 9.17) is 9.15 Å². The summed E-state index contributed by atoms with van der Waals surface area (Å²) in [6.07, 6.45) is 3.54. The highest BCUT2D eigenvalue weighted by molar-refractivity contribution is 5.91. The second-order valence-electron chi connectivity index (χ2n) is 10.5. The fraction of sp³-hybridized carbons (Fsp3) is 0.400. The molecule has 3 aromatic rings. The number of halogens is 1. The Morgan fingerprint density at radius 3 is 2.62 bits per heavy atom. The van der Waals surface area contributed by atoms with Crippen molar-refractivity contribution in [1.29, 1.82) is 0 Å². The van der Waals surface area contributed by atoms with Crippen LogP contribution in [0.2, 0.25) is 0 Å². The lowest BCUT2D eigenvalue weighted by molar-refractivity contribution is -0.134. The average Bonchev–Trinajstić information content (AvgIpc) is 3.60. The topological polar surface area (TPSA) is 71.8 Å². The van der Waals surface area contributed by atoms with E-state index < -0.39 is 0 Å². The van der Waals surface area contributed by atoms with Crippen molar-refractivity contribution in [3.05, 3.63) is 88.6 Å². The molecule has 1 atom stereocenters. The van der Waals surface area contributed by atoms with Crippen molar-refractivity contribution in [1.82, 2.24) is 10.2 Å². The van der Waals surface area contributed by atoms with Gasteiger partial charge in [0.15, 0.2) is 5.76 Å². The highest BCUT2D eigenvalue weighted by Gasteiger charge is 2.32. The maximum absolute atomic E-state index is 13.7. The SMILES string of the molecule is CC(C)CC(=O)N1CCc2ccc(OCc3ccc(C(=O)NCC4CC4)o3)cc2[C@@H]1c1ccc(F)cc1. The number of amides is 2. The van der Waals surface area contributed by atoms with Crippen LogP contribution in [0.3, 0.4) is 0 Å². The molecule has 1 N–H and O–H groups in total. The predicted octanol–water partition coefficient (Wildman–Crippen LogP) is 5.66. The molecule has 0 radical (unpaired) electrons. The van der Waals surface area contributed by atoms with Crippen LogP contribution >= 0.6 is 0 Å². The van der Waals surface area contributed by atoms with E-state index in [1.54, 1.807) is 24.3 Å². The predicted molar refractivity (Wildman–Crippen MR) is 138 cm³/mol. The largest absolute Gasteiger partial charge is 0.486 e. The van der Waals surface area contributed by atoms with Gasteiger partial charge in [-0.2, -0.15) is 0 Å². The van der Waals surface area contributed by atoms with Gasteiger partial charge < -0.3 is 19.4 Å². The van der Waals surface area contributed by atoms with Crippen LogP contribution in [0, 0.1) is 17.7 Å². The molecule has 1 fully saturated rings. The Kier molecular flexibility index (Phi) is 7.31. The zero-order valence-corrected chi connectivity index (χ0v) is 21.3. The smallest absolute Gasteiger partial charge is 0.287 e. The molecular weight excluding hydrogens is 471 g/mol. The first kappa shape index (κ1) is 25.1. The van der Waals surface area contributed by atoms with Crippen molar-refractivity contribution >= 4 is 11.8 Å². The molecule has 1 aliphatic carbocycles. The third-order valence-corrected chi connectivity index (χ3v) is 6.95. The molecule has 37 heavy (non-hydrogen) atoms. The van der Waals surface area contributed by atoms with Gasteiger partial charge >= 0.3 is 0 Å². The number of carbonyl (C=O) groups is 2. The molecule has 2 aliphatic rings. The van der Waals surface area contributed by atoms with Gasteiger partial charge in [-0.15, -0.1) is 0 Å². The third kappa shape index (κ3) is 6.04. The number of hydrogen-bond acceptors (Lipinski definition) is 4. The molecular formula is C30H33FN2O4. The summed E-state index contributed by atoms with van der Waals surface area (Å²) in [6.45, 7) is 5.54. The number of nitrogens with one attached hydrogen (secondary N) is 1. The highest BCUT2D eigenvalue weighted by Crippen LogP contribution is 2.38. The van der Waals surface area contributed by atoms with Crippen LogP contribution in [0.5, 0.6) is 5.75 Å². The molecule has 1 aliphatic heterocycles. The van der Waals surface area contributed by atoms with Gasteiger partial charge in [0, 0.05) is 19.5 Å². The lowest BCUT2D eigenvalue weighted by atomic mass is 9.87. The number of hydrogen-bond donors (Lipinski definition) is 1. The Hall–Kier alpha value is -3.61. The number of rotatable bonds is 9. The van der Waals surface area contributed by atoms with Gasteiger partial charge in [0.2, 0.25) is 5.91 Å². The fourth-order valence-electron chi connectivity index (χ4n) is 4.80. The van der Waals surface area contributed by atoms with E-state index in [2.05, 4.69) is 5.32 Å². The Morgan fingerprint density at radius 2 is 1.89 bits per heavy atom. The molecule has 2 aromatic carbocycles. The van der Waals surface area contributed by atoms with Crippen LogP contribution in [0.1, 0.15) is 72.2 Å². The Balaban J connectivity index is 1.34. The monoisotopic (exact) mass is 504 g/mol. The van der Waals surface area contributed by atoms with E-state index in [-0.39, 0.29) is 42.0 Å². The van der Waals surface area contributed by atoms with E-state index in [9.17, 15) is 14.0 Å². The molecule has 7 heteroatoms. The van der Waals surface area contributed by atoms with Crippen LogP contribution in [0.15, 0.2) is 59.0 Å². The molecule has 0 unspecified atom stereocenters. The maximum Gasteiger partial charge on any atom is 0.287 e. The quantitative estimate of drug-likeness (QED) is 0.408. The Morgan fingerprint density at radius 1 is 1.11 bits per heavy atom. The molecule has 2 amide bonds. The number of nitrogens with zero attached hydrogens (tertiary/aromatic N) is 1. The first-order valence-electron chi connectivity index (χ1n) is 13.0. The summed E-state index contributed by atoms with van der Waals surface area (Å²) in [7, 11) is 0. The molecule has 0 spiro atoms. The number of carbonyl (C=O) groups excluding carboxylic acids is 2. The summed E-state index contributed by atoms with van der Waals surface area (Å²) >= 11 is 0. The van der Waals surface area contributed by atoms with Crippen molar-refractivity contribution in [3.8, 4) is 5.75 Å². The minimum atomic E-state index is -0.315. The Labute approximate surface area is 216 Å². The number of ether oxygens (including phenoxy) is 1. The zero-order chi connectivity index (χ0) is 25.9. The molecule has 194 valence electrons. The minimum absolute atomic E-state index is 0.0874. The first-order chi connectivity index (χ1) is 17.9. The van der Waals surface area contributed by atoms with Crippen molar-refractivity contribution in [3.63, 3.8) is 0 Å². The van der Waals surface area contributed by atoms with Crippen molar-refractivity contribution in [2.75, 3.05) is 13.1 Å². The molecule has 5 rings (SSSR count). The van der Waals surface area contributed by atoms with Crippen LogP contribution in [0.4, 0.5) is 4.39 Å². The standard InChI is InChI=1S/C30H33FN2O4/c1-19(2)15-28(34)33-14-13-21-7-10-24(16-26(21)29(33)22-5-8-23(31)9-6-22)36-18-25-11-12-27(37-25)30(35)32-17-20-3-4-20/h5-12,16,19-20,29H,3-4,13-15,17-18H2,1-2H3,(H,32,35)/t29-/m0/s1. The van der Waals surface area contributed by atoms with Crippen LogP contribution < -0.4 is 10.1 Å². The first-order valence-corrected chi connectivity index (χ1v) is 13.0. The summed E-state index contributed by atoms with van der Waals surface area (Å²) in [6, 6.07) is 15.4. The summed E-state index contributed by atoms with van der Waals surface area (Å²) in [5.74, 6) is 1.88. The van der Waals surface area contributed by atoms with Crippen LogP contribution in [-0.2, 0) is 17.8 Å². The van der Waals surface area contributed by atoms with Gasteiger partial charge in [0.25, 0.3) is 5.91 Å². The summed E-state index contributed by atoms with van der Waals surface area (Å²) in [4.78, 5) is 27.4. The molecule has 1 aromatic heterocycles. The van der Waals surface area contributed by atoms with Crippen molar-refractivity contribution < 1.29 is 23.1 Å². The average molecular weight is 505 g/mol. The van der Waals surface area contributed by atoms with Gasteiger partial charge in [0.05, 0.1) is 6.04 Å². The van der Waals surface area contributed by atoms with Gasteiger partial charge in [0.1, 0.15) is 23.9 Å². The summed E-state index contributed by atoms with van der Waals surface area (Å²) in [5.41, 5.74) is 2.99. The van der Waals surface area contributed by atoms with Gasteiger partial charge in [-0.3, -0.25) is 9.59 Å². The van der Waals surface area contributed by atoms with E-state index in [0.29, 0.717) is 36.9 Å². The van der Waals surface area contributed by atoms with Gasteiger partial charge in [-0.25, -0.2) is 4.39 Å². The van der Waals surface area contributed by atoms with Crippen molar-refractivity contribution in [2.45, 2.75) is 52.2 Å². The Bertz CT molecular complexity index is 1260. The lowest BCUT2D eigenvalue weighted by Gasteiger charge is -2.38. The minimum Gasteiger partial charge on any atom is -0.486 e. The second kappa shape index (κ2) is 10.8. The maximum atomic E-state index is 13.7. The lowest BCUT2D eigenvalue weighted by Crippen LogP contribution is -2.41. The fourth-order valence-corrected chi connectivity index (χ4v) is 4.80. The summed E-state index contributed by atoms with van der Waals surface area (Å²) < 4.78 is 25.4. The van der Waals surface area contributed by atoms with Crippen molar-refractivity contribution in [2.24, 2.45) is 11.8 Å². The third-order valence-electron chi connectivity index (χ3n) is 6.95. The summed E-state index contributed by atoms with van der Waals surface area (Å²) in [5, 5.41) is 2.90. The molecule has 0 saturated heterocycles. The molecule has 6 nitrogen and oxygen atoms in total. The van der Waals surface area contributed by atoms with Gasteiger partial charge in [-0.1, -0.05) is 32.0 Å². The van der Waals surface area contributed by atoms with E-state index >= 15 is 0 Å².